The van der Waals surface area contributed by atoms with Gasteiger partial charge in [-0.1, -0.05) is 19.9 Å². The number of hydrogen-bond acceptors (Lipinski definition) is 4. The highest BCUT2D eigenvalue weighted by molar-refractivity contribution is 7.10. The highest BCUT2D eigenvalue weighted by atomic mass is 32.1. The lowest BCUT2D eigenvalue weighted by Gasteiger charge is -2.23. The van der Waals surface area contributed by atoms with Gasteiger partial charge in [-0.25, -0.2) is 0 Å². The number of thiophene rings is 1. The fourth-order valence-electron chi connectivity index (χ4n) is 2.46. The molecule has 1 aromatic heterocycles. The van der Waals surface area contributed by atoms with Crippen LogP contribution >= 0.6 is 11.3 Å². The van der Waals surface area contributed by atoms with Crippen LogP contribution in [0.3, 0.4) is 0 Å². The fraction of sp³-hybridized carbons (Fsp3) is 0.643. The second-order valence-corrected chi connectivity index (χ2v) is 6.57. The van der Waals surface area contributed by atoms with E-state index in [4.69, 9.17) is 5.73 Å². The zero-order valence-corrected chi connectivity index (χ0v) is 12.5. The van der Waals surface area contributed by atoms with Crippen LogP contribution in [0.15, 0.2) is 17.5 Å². The van der Waals surface area contributed by atoms with Crippen LogP contribution in [0.2, 0.25) is 0 Å². The molecule has 0 saturated carbocycles. The van der Waals surface area contributed by atoms with Crippen molar-refractivity contribution in [3.05, 3.63) is 22.4 Å². The van der Waals surface area contributed by atoms with Crippen molar-refractivity contribution >= 4 is 17.2 Å². The Balaban J connectivity index is 1.89. The summed E-state index contributed by atoms with van der Waals surface area (Å²) < 4.78 is 0. The molecule has 19 heavy (non-hydrogen) atoms. The van der Waals surface area contributed by atoms with E-state index in [0.29, 0.717) is 12.5 Å². The van der Waals surface area contributed by atoms with Gasteiger partial charge in [0.05, 0.1) is 12.6 Å². The Morgan fingerprint density at radius 3 is 2.95 bits per heavy atom. The average Bonchev–Trinajstić information content (AvgIpc) is 2.97. The van der Waals surface area contributed by atoms with Gasteiger partial charge in [-0.2, -0.15) is 0 Å². The van der Waals surface area contributed by atoms with Crippen molar-refractivity contribution in [2.24, 2.45) is 11.7 Å². The monoisotopic (exact) mass is 281 g/mol. The number of nitrogens with one attached hydrogen (secondary N) is 1. The third-order valence-electron chi connectivity index (χ3n) is 3.51. The van der Waals surface area contributed by atoms with E-state index in [-0.39, 0.29) is 18.0 Å². The van der Waals surface area contributed by atoms with E-state index in [1.807, 2.05) is 6.07 Å². The summed E-state index contributed by atoms with van der Waals surface area (Å²) in [6, 6.07) is 4.46. The van der Waals surface area contributed by atoms with Crippen molar-refractivity contribution in [3.8, 4) is 0 Å². The SMILES string of the molecule is CC(C)C(NC(=O)CN1CC[C@H](N)C1)c1cccs1. The summed E-state index contributed by atoms with van der Waals surface area (Å²) in [4.78, 5) is 15.5. The highest BCUT2D eigenvalue weighted by Gasteiger charge is 2.24. The van der Waals surface area contributed by atoms with Crippen LogP contribution in [-0.2, 0) is 4.79 Å². The maximum Gasteiger partial charge on any atom is 0.234 e. The highest BCUT2D eigenvalue weighted by Crippen LogP contribution is 2.25. The van der Waals surface area contributed by atoms with Crippen LogP contribution in [0.1, 0.15) is 31.2 Å². The maximum atomic E-state index is 12.1. The van der Waals surface area contributed by atoms with Gasteiger partial charge >= 0.3 is 0 Å². The second-order valence-electron chi connectivity index (χ2n) is 5.59. The maximum absolute atomic E-state index is 12.1. The Kier molecular flexibility index (Phi) is 4.96. The molecule has 1 aliphatic rings. The van der Waals surface area contributed by atoms with Gasteiger partial charge in [-0.15, -0.1) is 11.3 Å². The number of amides is 1. The Hall–Kier alpha value is -0.910. The van der Waals surface area contributed by atoms with Gasteiger partial charge in [0, 0.05) is 24.0 Å². The molecule has 0 aromatic carbocycles. The van der Waals surface area contributed by atoms with E-state index in [1.54, 1.807) is 11.3 Å². The van der Waals surface area contributed by atoms with E-state index in [1.165, 1.54) is 4.88 Å². The van der Waals surface area contributed by atoms with Gasteiger partial charge in [-0.05, 0) is 23.8 Å². The molecule has 1 fully saturated rings. The molecular formula is C14H23N3OS. The van der Waals surface area contributed by atoms with Crippen LogP contribution in [0.5, 0.6) is 0 Å². The van der Waals surface area contributed by atoms with Crippen LogP contribution in [-0.4, -0.2) is 36.5 Å². The molecule has 1 unspecified atom stereocenters. The average molecular weight is 281 g/mol. The molecule has 2 heterocycles. The first-order valence-electron chi connectivity index (χ1n) is 6.87. The number of nitrogens with zero attached hydrogens (tertiary/aromatic N) is 1. The van der Waals surface area contributed by atoms with E-state index in [0.717, 1.165) is 19.5 Å². The first-order chi connectivity index (χ1) is 9.06. The molecule has 0 radical (unpaired) electrons. The Morgan fingerprint density at radius 2 is 2.42 bits per heavy atom. The molecule has 3 N–H and O–H groups in total. The minimum atomic E-state index is 0.0983. The molecule has 0 aliphatic carbocycles. The summed E-state index contributed by atoms with van der Waals surface area (Å²) in [7, 11) is 0. The molecule has 1 amide bonds. The standard InChI is InChI=1S/C14H23N3OS/c1-10(2)14(12-4-3-7-19-12)16-13(18)9-17-6-5-11(15)8-17/h3-4,7,10-11,14H,5-6,8-9,15H2,1-2H3,(H,16,18)/t11-,14?/m0/s1. The zero-order chi connectivity index (χ0) is 13.8. The molecule has 2 atom stereocenters. The zero-order valence-electron chi connectivity index (χ0n) is 11.6. The van der Waals surface area contributed by atoms with E-state index >= 15 is 0 Å². The number of rotatable bonds is 5. The third-order valence-corrected chi connectivity index (χ3v) is 4.46. The first-order valence-corrected chi connectivity index (χ1v) is 7.75. The summed E-state index contributed by atoms with van der Waals surface area (Å²) in [6.07, 6.45) is 0.992. The lowest BCUT2D eigenvalue weighted by atomic mass is 10.0. The molecule has 0 bridgehead atoms. The number of hydrogen-bond donors (Lipinski definition) is 2. The fourth-order valence-corrected chi connectivity index (χ4v) is 3.41. The first kappa shape index (κ1) is 14.5. The minimum Gasteiger partial charge on any atom is -0.347 e. The molecule has 1 aromatic rings. The molecule has 2 rings (SSSR count). The van der Waals surface area contributed by atoms with Crippen LogP contribution < -0.4 is 11.1 Å². The van der Waals surface area contributed by atoms with Crippen molar-refractivity contribution in [3.63, 3.8) is 0 Å². The van der Waals surface area contributed by atoms with E-state index in [2.05, 4.69) is 35.5 Å². The summed E-state index contributed by atoms with van der Waals surface area (Å²) >= 11 is 1.70. The van der Waals surface area contributed by atoms with Crippen molar-refractivity contribution < 1.29 is 4.79 Å². The molecular weight excluding hydrogens is 258 g/mol. The van der Waals surface area contributed by atoms with E-state index < -0.39 is 0 Å². The smallest absolute Gasteiger partial charge is 0.234 e. The van der Waals surface area contributed by atoms with Crippen molar-refractivity contribution in [2.45, 2.75) is 32.4 Å². The number of carbonyl (C=O) groups is 1. The summed E-state index contributed by atoms with van der Waals surface area (Å²) in [5.74, 6) is 0.490. The Bertz CT molecular complexity index is 405. The largest absolute Gasteiger partial charge is 0.347 e. The summed E-state index contributed by atoms with van der Waals surface area (Å²) in [6.45, 7) is 6.49. The Labute approximate surface area is 119 Å². The van der Waals surface area contributed by atoms with Gasteiger partial charge in [0.15, 0.2) is 0 Å². The van der Waals surface area contributed by atoms with Crippen LogP contribution in [0.25, 0.3) is 0 Å². The number of carbonyl (C=O) groups excluding carboxylic acids is 1. The van der Waals surface area contributed by atoms with Crippen LogP contribution in [0.4, 0.5) is 0 Å². The van der Waals surface area contributed by atoms with E-state index in [9.17, 15) is 4.79 Å². The number of likely N-dealkylation sites (tertiary alicyclic amines) is 1. The lowest BCUT2D eigenvalue weighted by molar-refractivity contribution is -0.123. The van der Waals surface area contributed by atoms with Gasteiger partial charge in [0.25, 0.3) is 0 Å². The minimum absolute atomic E-state index is 0.0983. The van der Waals surface area contributed by atoms with Gasteiger partial charge in [0.2, 0.25) is 5.91 Å². The molecule has 1 aliphatic heterocycles. The number of nitrogens with two attached hydrogens (primary N) is 1. The van der Waals surface area contributed by atoms with Crippen molar-refractivity contribution in [1.29, 1.82) is 0 Å². The molecule has 0 spiro atoms. The summed E-state index contributed by atoms with van der Waals surface area (Å²) in [5, 5.41) is 5.20. The van der Waals surface area contributed by atoms with Crippen molar-refractivity contribution in [1.82, 2.24) is 10.2 Å². The molecule has 106 valence electrons. The topological polar surface area (TPSA) is 58.4 Å². The predicted molar refractivity (Wildman–Crippen MR) is 79.1 cm³/mol. The quantitative estimate of drug-likeness (QED) is 0.862. The van der Waals surface area contributed by atoms with Crippen LogP contribution in [0, 0.1) is 5.92 Å². The molecule has 1 saturated heterocycles. The lowest BCUT2D eigenvalue weighted by Crippen LogP contribution is -2.40. The summed E-state index contributed by atoms with van der Waals surface area (Å²) in [5.41, 5.74) is 5.86. The van der Waals surface area contributed by atoms with Gasteiger partial charge in [-0.3, -0.25) is 9.69 Å². The normalized spacial score (nSPS) is 21.8. The molecule has 4 nitrogen and oxygen atoms in total. The third kappa shape index (κ3) is 4.03. The van der Waals surface area contributed by atoms with Gasteiger partial charge < -0.3 is 11.1 Å². The Morgan fingerprint density at radius 1 is 1.63 bits per heavy atom. The molecule has 5 heteroatoms. The van der Waals surface area contributed by atoms with Gasteiger partial charge in [0.1, 0.15) is 0 Å². The second kappa shape index (κ2) is 6.50. The van der Waals surface area contributed by atoms with Crippen molar-refractivity contribution in [2.75, 3.05) is 19.6 Å². The predicted octanol–water partition coefficient (Wildman–Crippen LogP) is 1.59.